The van der Waals surface area contributed by atoms with Crippen LogP contribution in [-0.2, 0) is 0 Å². The number of hydrogen-bond acceptors (Lipinski definition) is 5. The van der Waals surface area contributed by atoms with Crippen molar-refractivity contribution in [3.63, 3.8) is 0 Å². The average molecular weight is 433 g/mol. The van der Waals surface area contributed by atoms with E-state index in [0.29, 0.717) is 22.0 Å². The summed E-state index contributed by atoms with van der Waals surface area (Å²) in [6, 6.07) is 7.65. The molecule has 3 rings (SSSR count). The van der Waals surface area contributed by atoms with Crippen LogP contribution in [0.3, 0.4) is 0 Å². The second-order valence-corrected chi connectivity index (χ2v) is 7.33. The van der Waals surface area contributed by atoms with Crippen molar-refractivity contribution in [2.45, 2.75) is 19.4 Å². The van der Waals surface area contributed by atoms with Gasteiger partial charge in [0.05, 0.1) is 12.3 Å². The molecular formula is C20H21ClN4O5. The van der Waals surface area contributed by atoms with E-state index in [9.17, 15) is 19.5 Å². The van der Waals surface area contributed by atoms with Crippen molar-refractivity contribution in [3.8, 4) is 11.3 Å². The van der Waals surface area contributed by atoms with Crippen molar-refractivity contribution in [2.75, 3.05) is 19.7 Å². The molecule has 1 aromatic heterocycles. The van der Waals surface area contributed by atoms with Crippen LogP contribution in [0.15, 0.2) is 41.2 Å². The van der Waals surface area contributed by atoms with Crippen LogP contribution < -0.4 is 10.9 Å². The average Bonchev–Trinajstić information content (AvgIpc) is 2.74. The van der Waals surface area contributed by atoms with Gasteiger partial charge in [-0.15, -0.1) is 0 Å². The summed E-state index contributed by atoms with van der Waals surface area (Å²) in [7, 11) is 0. The lowest BCUT2D eigenvalue weighted by Gasteiger charge is -2.24. The highest BCUT2D eigenvalue weighted by molar-refractivity contribution is 6.30. The second-order valence-electron chi connectivity index (χ2n) is 6.90. The number of halogens is 1. The zero-order valence-electron chi connectivity index (χ0n) is 16.2. The number of carboxylic acid groups (broad SMARTS) is 1. The van der Waals surface area contributed by atoms with Crippen molar-refractivity contribution < 1.29 is 19.8 Å². The van der Waals surface area contributed by atoms with Crippen molar-refractivity contribution in [3.05, 3.63) is 57.3 Å². The van der Waals surface area contributed by atoms with E-state index >= 15 is 0 Å². The normalized spacial score (nSPS) is 14.8. The number of rotatable bonds is 5. The molecule has 9 nitrogen and oxygen atoms in total. The SMILES string of the molecule is C[C@@H](CO)NC(=O)c1cc(-c2ccc(Cl)cc2)nn(C2=CCN(C(=O)O)CC2)c1=O. The van der Waals surface area contributed by atoms with Crippen LogP contribution in [0.1, 0.15) is 23.7 Å². The Morgan fingerprint density at radius 3 is 2.57 bits per heavy atom. The third kappa shape index (κ3) is 4.69. The molecule has 0 aliphatic carbocycles. The summed E-state index contributed by atoms with van der Waals surface area (Å²) in [5.41, 5.74) is 0.801. The number of aromatic nitrogens is 2. The first-order chi connectivity index (χ1) is 14.3. The van der Waals surface area contributed by atoms with Gasteiger partial charge >= 0.3 is 6.09 Å². The highest BCUT2D eigenvalue weighted by atomic mass is 35.5. The van der Waals surface area contributed by atoms with E-state index in [2.05, 4.69) is 10.4 Å². The third-order valence-electron chi connectivity index (χ3n) is 4.68. The number of amides is 2. The minimum Gasteiger partial charge on any atom is -0.465 e. The Labute approximate surface area is 177 Å². The Kier molecular flexibility index (Phi) is 6.53. The van der Waals surface area contributed by atoms with E-state index in [-0.39, 0.29) is 31.7 Å². The number of aliphatic hydroxyl groups excluding tert-OH is 1. The summed E-state index contributed by atoms with van der Waals surface area (Å²) in [5.74, 6) is -0.628. The van der Waals surface area contributed by atoms with Gasteiger partial charge in [-0.05, 0) is 31.2 Å². The van der Waals surface area contributed by atoms with E-state index in [1.807, 2.05) is 0 Å². The molecule has 0 saturated carbocycles. The molecule has 2 amide bonds. The first-order valence-corrected chi connectivity index (χ1v) is 9.67. The highest BCUT2D eigenvalue weighted by Gasteiger charge is 2.22. The lowest BCUT2D eigenvalue weighted by Crippen LogP contribution is -2.40. The van der Waals surface area contributed by atoms with E-state index in [4.69, 9.17) is 16.7 Å². The molecule has 0 bridgehead atoms. The van der Waals surface area contributed by atoms with Gasteiger partial charge in [-0.25, -0.2) is 9.48 Å². The minimum absolute atomic E-state index is 0.118. The van der Waals surface area contributed by atoms with Gasteiger partial charge in [0.15, 0.2) is 0 Å². The van der Waals surface area contributed by atoms with E-state index in [1.165, 1.54) is 11.0 Å². The molecule has 0 radical (unpaired) electrons. The highest BCUT2D eigenvalue weighted by Crippen LogP contribution is 2.21. The molecular weight excluding hydrogens is 412 g/mol. The predicted molar refractivity (Wildman–Crippen MR) is 111 cm³/mol. The van der Waals surface area contributed by atoms with Crippen LogP contribution in [0.2, 0.25) is 5.02 Å². The summed E-state index contributed by atoms with van der Waals surface area (Å²) < 4.78 is 1.14. The van der Waals surface area contributed by atoms with Gasteiger partial charge in [0.2, 0.25) is 0 Å². The van der Waals surface area contributed by atoms with Crippen LogP contribution in [-0.4, -0.2) is 62.6 Å². The summed E-state index contributed by atoms with van der Waals surface area (Å²) in [5, 5.41) is 25.8. The molecule has 2 heterocycles. The van der Waals surface area contributed by atoms with Gasteiger partial charge in [0.1, 0.15) is 5.56 Å². The number of hydrogen-bond donors (Lipinski definition) is 3. The fourth-order valence-electron chi connectivity index (χ4n) is 2.99. The van der Waals surface area contributed by atoms with Gasteiger partial charge in [-0.1, -0.05) is 23.7 Å². The number of carbonyl (C=O) groups excluding carboxylic acids is 1. The maximum absolute atomic E-state index is 13.0. The zero-order valence-corrected chi connectivity index (χ0v) is 17.0. The Hall–Kier alpha value is -3.17. The van der Waals surface area contributed by atoms with Gasteiger partial charge in [-0.3, -0.25) is 9.59 Å². The van der Waals surface area contributed by atoms with Crippen molar-refractivity contribution in [1.29, 1.82) is 0 Å². The Balaban J connectivity index is 2.09. The van der Waals surface area contributed by atoms with Crippen LogP contribution in [0.4, 0.5) is 4.79 Å². The second kappa shape index (κ2) is 9.10. The molecule has 10 heteroatoms. The molecule has 3 N–H and O–H groups in total. The number of aliphatic hydroxyl groups is 1. The van der Waals surface area contributed by atoms with Gasteiger partial charge in [-0.2, -0.15) is 5.10 Å². The summed E-state index contributed by atoms with van der Waals surface area (Å²) in [6.07, 6.45) is 0.839. The minimum atomic E-state index is -1.04. The number of carbonyl (C=O) groups is 2. The first kappa shape index (κ1) is 21.5. The standard InChI is InChI=1S/C20H21ClN4O5/c1-12(11-26)22-18(27)16-10-17(13-2-4-14(21)5-3-13)23-25(19(16)28)15-6-8-24(9-7-15)20(29)30/h2-6,10,12,26H,7-9,11H2,1H3,(H,22,27)(H,29,30)/t12-/m0/s1. The molecule has 0 saturated heterocycles. The molecule has 1 atom stereocenters. The molecule has 1 aliphatic heterocycles. The molecule has 30 heavy (non-hydrogen) atoms. The maximum atomic E-state index is 13.0. The largest absolute Gasteiger partial charge is 0.465 e. The van der Waals surface area contributed by atoms with E-state index in [0.717, 1.165) is 4.68 Å². The fraction of sp³-hybridized carbons (Fsp3) is 0.300. The van der Waals surface area contributed by atoms with Crippen LogP contribution in [0, 0.1) is 0 Å². The van der Waals surface area contributed by atoms with Gasteiger partial charge < -0.3 is 20.4 Å². The van der Waals surface area contributed by atoms with Crippen LogP contribution in [0.5, 0.6) is 0 Å². The number of nitrogens with zero attached hydrogens (tertiary/aromatic N) is 3. The predicted octanol–water partition coefficient (Wildman–Crippen LogP) is 1.90. The Morgan fingerprint density at radius 1 is 1.30 bits per heavy atom. The van der Waals surface area contributed by atoms with Gasteiger partial charge in [0, 0.05) is 41.8 Å². The molecule has 1 aromatic carbocycles. The quantitative estimate of drug-likeness (QED) is 0.662. The monoisotopic (exact) mass is 432 g/mol. The molecule has 0 unspecified atom stereocenters. The van der Waals surface area contributed by atoms with Crippen molar-refractivity contribution in [1.82, 2.24) is 20.0 Å². The van der Waals surface area contributed by atoms with Crippen LogP contribution in [0.25, 0.3) is 17.0 Å². The van der Waals surface area contributed by atoms with Crippen molar-refractivity contribution >= 4 is 29.3 Å². The summed E-state index contributed by atoms with van der Waals surface area (Å²) in [6.45, 7) is 1.67. The van der Waals surface area contributed by atoms with Gasteiger partial charge in [0.25, 0.3) is 11.5 Å². The third-order valence-corrected chi connectivity index (χ3v) is 4.93. The zero-order chi connectivity index (χ0) is 21.8. The molecule has 2 aromatic rings. The molecule has 0 spiro atoms. The Bertz CT molecular complexity index is 1050. The maximum Gasteiger partial charge on any atom is 0.407 e. The Morgan fingerprint density at radius 2 is 2.00 bits per heavy atom. The first-order valence-electron chi connectivity index (χ1n) is 9.29. The number of nitrogens with one attached hydrogen (secondary N) is 1. The van der Waals surface area contributed by atoms with Crippen molar-refractivity contribution in [2.24, 2.45) is 0 Å². The lowest BCUT2D eigenvalue weighted by molar-refractivity contribution is 0.0920. The number of benzene rings is 1. The molecule has 158 valence electrons. The fourth-order valence-corrected chi connectivity index (χ4v) is 3.11. The summed E-state index contributed by atoms with van der Waals surface area (Å²) in [4.78, 5) is 38.0. The smallest absolute Gasteiger partial charge is 0.407 e. The van der Waals surface area contributed by atoms with Crippen LogP contribution >= 0.6 is 11.6 Å². The topological polar surface area (TPSA) is 125 Å². The van der Waals surface area contributed by atoms with E-state index < -0.39 is 23.6 Å². The molecule has 0 fully saturated rings. The lowest BCUT2D eigenvalue weighted by atomic mass is 10.1. The summed E-state index contributed by atoms with van der Waals surface area (Å²) >= 11 is 5.95. The molecule has 1 aliphatic rings. The van der Waals surface area contributed by atoms with E-state index in [1.54, 1.807) is 37.3 Å².